The van der Waals surface area contributed by atoms with E-state index in [2.05, 4.69) is 5.32 Å². The highest BCUT2D eigenvalue weighted by Gasteiger charge is 2.16. The van der Waals surface area contributed by atoms with Crippen LogP contribution in [0.4, 0.5) is 11.4 Å². The average Bonchev–Trinajstić information content (AvgIpc) is 2.34. The van der Waals surface area contributed by atoms with Gasteiger partial charge in [-0.15, -0.1) is 0 Å². The van der Waals surface area contributed by atoms with Gasteiger partial charge in [-0.25, -0.2) is 0 Å². The molecule has 0 fully saturated rings. The first kappa shape index (κ1) is 13.4. The second kappa shape index (κ2) is 6.20. The van der Waals surface area contributed by atoms with Crippen LogP contribution in [0.5, 0.6) is 0 Å². The molecule has 0 aliphatic carbocycles. The first-order valence-corrected chi connectivity index (χ1v) is 5.65. The molecule has 94 valence electrons. The minimum Gasteiger partial charge on any atom is -0.382 e. The van der Waals surface area contributed by atoms with Gasteiger partial charge in [-0.1, -0.05) is 19.1 Å². The molecule has 1 unspecified atom stereocenters. The Morgan fingerprint density at radius 1 is 1.53 bits per heavy atom. The zero-order valence-electron chi connectivity index (χ0n) is 10.4. The van der Waals surface area contributed by atoms with Gasteiger partial charge in [0.25, 0.3) is 5.69 Å². The van der Waals surface area contributed by atoms with Crippen molar-refractivity contribution in [3.63, 3.8) is 0 Å². The highest BCUT2D eigenvalue weighted by atomic mass is 16.6. The molecule has 0 saturated heterocycles. The number of hydrogen-bond acceptors (Lipinski definition) is 4. The molecule has 0 amide bonds. The lowest BCUT2D eigenvalue weighted by Crippen LogP contribution is -2.08. The fraction of sp³-hybridized carbons (Fsp3) is 0.500. The molecule has 0 aliphatic heterocycles. The predicted octanol–water partition coefficient (Wildman–Crippen LogP) is 2.95. The Hall–Kier alpha value is -1.62. The van der Waals surface area contributed by atoms with E-state index >= 15 is 0 Å². The van der Waals surface area contributed by atoms with Crippen molar-refractivity contribution in [3.8, 4) is 0 Å². The second-order valence-corrected chi connectivity index (χ2v) is 3.85. The van der Waals surface area contributed by atoms with Gasteiger partial charge in [0.1, 0.15) is 5.69 Å². The third-order valence-electron chi connectivity index (χ3n) is 2.67. The summed E-state index contributed by atoms with van der Waals surface area (Å²) in [7, 11) is 1.68. The zero-order valence-corrected chi connectivity index (χ0v) is 10.4. The number of nitro groups is 1. The van der Waals surface area contributed by atoms with Crippen molar-refractivity contribution in [1.82, 2.24) is 0 Å². The Labute approximate surface area is 101 Å². The van der Waals surface area contributed by atoms with Crippen LogP contribution in [-0.4, -0.2) is 18.1 Å². The molecule has 0 aromatic heterocycles. The molecule has 0 heterocycles. The van der Waals surface area contributed by atoms with Crippen LogP contribution in [0.3, 0.4) is 0 Å². The van der Waals surface area contributed by atoms with Crippen LogP contribution >= 0.6 is 0 Å². The molecular weight excluding hydrogens is 220 g/mol. The van der Waals surface area contributed by atoms with Gasteiger partial charge in [-0.3, -0.25) is 10.1 Å². The van der Waals surface area contributed by atoms with E-state index in [1.165, 1.54) is 6.07 Å². The maximum atomic E-state index is 10.9. The van der Waals surface area contributed by atoms with Crippen LogP contribution in [0.25, 0.3) is 0 Å². The SMILES string of the molecule is CCC(C)OCc1cccc([N+](=O)[O-])c1NC. The van der Waals surface area contributed by atoms with Crippen LogP contribution in [0.2, 0.25) is 0 Å². The minimum atomic E-state index is -0.390. The van der Waals surface area contributed by atoms with E-state index in [-0.39, 0.29) is 11.8 Å². The summed E-state index contributed by atoms with van der Waals surface area (Å²) in [6, 6.07) is 4.99. The van der Waals surface area contributed by atoms with Crippen LogP contribution in [-0.2, 0) is 11.3 Å². The summed E-state index contributed by atoms with van der Waals surface area (Å²) in [6.07, 6.45) is 1.07. The Kier molecular flexibility index (Phi) is 4.90. The fourth-order valence-electron chi connectivity index (χ4n) is 1.50. The molecule has 5 nitrogen and oxygen atoms in total. The second-order valence-electron chi connectivity index (χ2n) is 3.85. The van der Waals surface area contributed by atoms with E-state index in [1.807, 2.05) is 19.9 Å². The maximum Gasteiger partial charge on any atom is 0.292 e. The number of rotatable bonds is 6. The molecule has 1 N–H and O–H groups in total. The summed E-state index contributed by atoms with van der Waals surface area (Å²) in [5.41, 5.74) is 1.42. The van der Waals surface area contributed by atoms with Gasteiger partial charge < -0.3 is 10.1 Å². The lowest BCUT2D eigenvalue weighted by Gasteiger charge is -2.13. The van der Waals surface area contributed by atoms with Crippen LogP contribution < -0.4 is 5.32 Å². The number of hydrogen-bond donors (Lipinski definition) is 1. The van der Waals surface area contributed by atoms with Crippen LogP contribution in [0, 0.1) is 10.1 Å². The van der Waals surface area contributed by atoms with Crippen LogP contribution in [0.1, 0.15) is 25.8 Å². The Morgan fingerprint density at radius 2 is 2.24 bits per heavy atom. The summed E-state index contributed by atoms with van der Waals surface area (Å²) >= 11 is 0. The lowest BCUT2D eigenvalue weighted by molar-refractivity contribution is -0.384. The highest BCUT2D eigenvalue weighted by molar-refractivity contribution is 5.65. The Balaban J connectivity index is 2.91. The average molecular weight is 238 g/mol. The smallest absolute Gasteiger partial charge is 0.292 e. The Morgan fingerprint density at radius 3 is 2.76 bits per heavy atom. The van der Waals surface area contributed by atoms with Gasteiger partial charge in [0.15, 0.2) is 0 Å². The third kappa shape index (κ3) is 3.42. The quantitative estimate of drug-likeness (QED) is 0.611. The van der Waals surface area contributed by atoms with Gasteiger partial charge in [0.05, 0.1) is 17.6 Å². The number of benzene rings is 1. The highest BCUT2D eigenvalue weighted by Crippen LogP contribution is 2.28. The molecule has 0 bridgehead atoms. The lowest BCUT2D eigenvalue weighted by atomic mass is 10.1. The predicted molar refractivity (Wildman–Crippen MR) is 67.2 cm³/mol. The number of anilines is 1. The number of nitro benzene ring substituents is 1. The molecule has 0 aliphatic rings. The van der Waals surface area contributed by atoms with Crippen molar-refractivity contribution >= 4 is 11.4 Å². The summed E-state index contributed by atoms with van der Waals surface area (Å²) < 4.78 is 5.59. The van der Waals surface area contributed by atoms with Crippen molar-refractivity contribution in [2.45, 2.75) is 33.0 Å². The van der Waals surface area contributed by atoms with Crippen molar-refractivity contribution in [2.24, 2.45) is 0 Å². The topological polar surface area (TPSA) is 64.4 Å². The van der Waals surface area contributed by atoms with E-state index in [4.69, 9.17) is 4.74 Å². The summed E-state index contributed by atoms with van der Waals surface area (Å²) in [4.78, 5) is 10.5. The monoisotopic (exact) mass is 238 g/mol. The Bertz CT molecular complexity index is 393. The van der Waals surface area contributed by atoms with E-state index < -0.39 is 4.92 Å². The van der Waals surface area contributed by atoms with Crippen molar-refractivity contribution in [3.05, 3.63) is 33.9 Å². The molecule has 0 spiro atoms. The molecule has 1 atom stereocenters. The first-order chi connectivity index (χ1) is 8.10. The van der Waals surface area contributed by atoms with E-state index in [0.717, 1.165) is 12.0 Å². The van der Waals surface area contributed by atoms with Crippen molar-refractivity contribution in [2.75, 3.05) is 12.4 Å². The molecule has 1 aromatic carbocycles. The van der Waals surface area contributed by atoms with Gasteiger partial charge in [0.2, 0.25) is 0 Å². The van der Waals surface area contributed by atoms with E-state index in [1.54, 1.807) is 13.1 Å². The largest absolute Gasteiger partial charge is 0.382 e. The molecule has 5 heteroatoms. The van der Waals surface area contributed by atoms with Gasteiger partial charge in [-0.2, -0.15) is 0 Å². The molecule has 1 aromatic rings. The summed E-state index contributed by atoms with van der Waals surface area (Å²) in [5.74, 6) is 0. The van der Waals surface area contributed by atoms with Gasteiger partial charge >= 0.3 is 0 Å². The fourth-order valence-corrected chi connectivity index (χ4v) is 1.50. The molecule has 1 rings (SSSR count). The van der Waals surface area contributed by atoms with E-state index in [0.29, 0.717) is 12.3 Å². The van der Waals surface area contributed by atoms with Crippen molar-refractivity contribution < 1.29 is 9.66 Å². The summed E-state index contributed by atoms with van der Waals surface area (Å²) in [5, 5.41) is 13.7. The molecule has 17 heavy (non-hydrogen) atoms. The van der Waals surface area contributed by atoms with E-state index in [9.17, 15) is 10.1 Å². The third-order valence-corrected chi connectivity index (χ3v) is 2.67. The van der Waals surface area contributed by atoms with Gasteiger partial charge in [0, 0.05) is 18.7 Å². The minimum absolute atomic E-state index is 0.0813. The number of ether oxygens (including phenoxy) is 1. The number of nitrogens with zero attached hydrogens (tertiary/aromatic N) is 1. The molecule has 0 radical (unpaired) electrons. The number of para-hydroxylation sites is 1. The summed E-state index contributed by atoms with van der Waals surface area (Å²) in [6.45, 7) is 4.40. The van der Waals surface area contributed by atoms with Gasteiger partial charge in [-0.05, 0) is 13.3 Å². The van der Waals surface area contributed by atoms with Crippen molar-refractivity contribution in [1.29, 1.82) is 0 Å². The standard InChI is InChI=1S/C12H18N2O3/c1-4-9(2)17-8-10-6-5-7-11(14(15)16)12(10)13-3/h5-7,9,13H,4,8H2,1-3H3. The maximum absolute atomic E-state index is 10.9. The van der Waals surface area contributed by atoms with Crippen LogP contribution in [0.15, 0.2) is 18.2 Å². The zero-order chi connectivity index (χ0) is 12.8. The molecule has 0 saturated carbocycles. The number of nitrogens with one attached hydrogen (secondary N) is 1. The molecular formula is C12H18N2O3. The normalized spacial score (nSPS) is 12.2. The first-order valence-electron chi connectivity index (χ1n) is 5.65.